The molecule has 3 aromatic rings. The number of rotatable bonds is 8. The van der Waals surface area contributed by atoms with Gasteiger partial charge in [-0.3, -0.25) is 9.78 Å². The van der Waals surface area contributed by atoms with E-state index in [-0.39, 0.29) is 17.0 Å². The van der Waals surface area contributed by atoms with Crippen LogP contribution >= 0.6 is 11.6 Å². The summed E-state index contributed by atoms with van der Waals surface area (Å²) < 4.78 is 32.1. The highest BCUT2D eigenvalue weighted by atomic mass is 35.5. The number of amides is 1. The molecule has 3 rings (SSSR count). The Balaban J connectivity index is 1.89. The molecule has 30 heavy (non-hydrogen) atoms. The van der Waals surface area contributed by atoms with Crippen molar-refractivity contribution in [1.29, 1.82) is 0 Å². The summed E-state index contributed by atoms with van der Waals surface area (Å²) in [5, 5.41) is 1.97. The number of halogens is 1. The van der Waals surface area contributed by atoms with Crippen molar-refractivity contribution >= 4 is 27.3 Å². The van der Waals surface area contributed by atoms with Crippen LogP contribution in [0.15, 0.2) is 78.0 Å². The summed E-state index contributed by atoms with van der Waals surface area (Å²) in [5.74, 6) is 0.137. The molecule has 1 atom stereocenters. The monoisotopic (exact) mass is 444 g/mol. The van der Waals surface area contributed by atoms with E-state index in [1.165, 1.54) is 18.3 Å². The van der Waals surface area contributed by atoms with Crippen molar-refractivity contribution in [1.82, 2.24) is 10.3 Å². The predicted molar refractivity (Wildman–Crippen MR) is 116 cm³/mol. The Morgan fingerprint density at radius 2 is 1.83 bits per heavy atom. The molecule has 0 aliphatic carbocycles. The van der Waals surface area contributed by atoms with E-state index < -0.39 is 21.0 Å². The molecule has 1 aromatic heterocycles. The molecule has 8 heteroatoms. The van der Waals surface area contributed by atoms with Crippen molar-refractivity contribution in [2.24, 2.45) is 0 Å². The maximum atomic E-state index is 13.4. The van der Waals surface area contributed by atoms with Gasteiger partial charge in [-0.1, -0.05) is 29.8 Å². The van der Waals surface area contributed by atoms with Crippen LogP contribution in [0.5, 0.6) is 5.75 Å². The van der Waals surface area contributed by atoms with Crippen LogP contribution in [-0.4, -0.2) is 32.5 Å². The SMILES string of the molecule is CCOc1ccc(S(=O)(=O)C(CNC(=O)c2ccccc2Cl)c2cccnc2)cc1. The molecule has 156 valence electrons. The minimum absolute atomic E-state index is 0.131. The topological polar surface area (TPSA) is 85.4 Å². The molecule has 1 unspecified atom stereocenters. The quantitative estimate of drug-likeness (QED) is 0.565. The zero-order valence-corrected chi connectivity index (χ0v) is 17.9. The molecule has 0 spiro atoms. The van der Waals surface area contributed by atoms with E-state index in [0.717, 1.165) is 0 Å². The van der Waals surface area contributed by atoms with Gasteiger partial charge in [0.15, 0.2) is 9.84 Å². The molecule has 0 saturated heterocycles. The molecular weight excluding hydrogens is 424 g/mol. The van der Waals surface area contributed by atoms with E-state index in [1.807, 2.05) is 6.92 Å². The predicted octanol–water partition coefficient (Wildman–Crippen LogP) is 4.08. The van der Waals surface area contributed by atoms with E-state index in [0.29, 0.717) is 22.9 Å². The lowest BCUT2D eigenvalue weighted by molar-refractivity contribution is 0.0954. The van der Waals surface area contributed by atoms with Crippen LogP contribution < -0.4 is 10.1 Å². The number of carbonyl (C=O) groups excluding carboxylic acids is 1. The van der Waals surface area contributed by atoms with Gasteiger partial charge in [0.25, 0.3) is 5.91 Å². The Bertz CT molecular complexity index is 1100. The summed E-state index contributed by atoms with van der Waals surface area (Å²) in [6, 6.07) is 16.1. The summed E-state index contributed by atoms with van der Waals surface area (Å²) >= 11 is 6.08. The second kappa shape index (κ2) is 9.73. The number of aromatic nitrogens is 1. The number of pyridine rings is 1. The number of benzene rings is 2. The van der Waals surface area contributed by atoms with E-state index in [1.54, 1.807) is 54.7 Å². The molecule has 0 aliphatic heterocycles. The molecular formula is C22H21ClN2O4S. The molecule has 0 bridgehead atoms. The minimum Gasteiger partial charge on any atom is -0.494 e. The summed E-state index contributed by atoms with van der Waals surface area (Å²) in [7, 11) is -3.82. The summed E-state index contributed by atoms with van der Waals surface area (Å²) in [4.78, 5) is 16.7. The Morgan fingerprint density at radius 1 is 1.10 bits per heavy atom. The molecule has 0 aliphatic rings. The molecule has 0 saturated carbocycles. The fourth-order valence-electron chi connectivity index (χ4n) is 2.96. The highest BCUT2D eigenvalue weighted by molar-refractivity contribution is 7.91. The van der Waals surface area contributed by atoms with Crippen molar-refractivity contribution < 1.29 is 17.9 Å². The second-order valence-electron chi connectivity index (χ2n) is 6.41. The summed E-state index contributed by atoms with van der Waals surface area (Å²) in [5.41, 5.74) is 0.758. The maximum absolute atomic E-state index is 13.4. The van der Waals surface area contributed by atoms with Gasteiger partial charge in [0, 0.05) is 18.9 Å². The van der Waals surface area contributed by atoms with Gasteiger partial charge in [-0.15, -0.1) is 0 Å². The molecule has 1 amide bonds. The van der Waals surface area contributed by atoms with E-state index in [2.05, 4.69) is 10.3 Å². The third-order valence-corrected chi connectivity index (χ3v) is 6.91. The van der Waals surface area contributed by atoms with Crippen molar-refractivity contribution in [3.05, 3.63) is 89.2 Å². The van der Waals surface area contributed by atoms with Crippen LogP contribution in [0.1, 0.15) is 28.1 Å². The van der Waals surface area contributed by atoms with Gasteiger partial charge >= 0.3 is 0 Å². The maximum Gasteiger partial charge on any atom is 0.252 e. The fourth-order valence-corrected chi connectivity index (χ4v) is 4.82. The molecule has 2 aromatic carbocycles. The van der Waals surface area contributed by atoms with Crippen LogP contribution in [0.3, 0.4) is 0 Å². The van der Waals surface area contributed by atoms with Gasteiger partial charge in [-0.2, -0.15) is 0 Å². The van der Waals surface area contributed by atoms with Crippen molar-refractivity contribution in [2.75, 3.05) is 13.2 Å². The summed E-state index contributed by atoms with van der Waals surface area (Å²) in [6.07, 6.45) is 3.05. The third kappa shape index (κ3) is 4.98. The van der Waals surface area contributed by atoms with Crippen LogP contribution in [-0.2, 0) is 9.84 Å². The Kier molecular flexibility index (Phi) is 7.07. The fraction of sp³-hybridized carbons (Fsp3) is 0.182. The van der Waals surface area contributed by atoms with Gasteiger partial charge in [-0.25, -0.2) is 8.42 Å². The average molecular weight is 445 g/mol. The molecule has 1 heterocycles. The van der Waals surface area contributed by atoms with Crippen molar-refractivity contribution in [2.45, 2.75) is 17.1 Å². The van der Waals surface area contributed by atoms with Crippen LogP contribution in [0.4, 0.5) is 0 Å². The number of nitrogens with zero attached hydrogens (tertiary/aromatic N) is 1. The molecule has 0 fully saturated rings. The Hall–Kier alpha value is -2.90. The van der Waals surface area contributed by atoms with Crippen molar-refractivity contribution in [3.63, 3.8) is 0 Å². The lowest BCUT2D eigenvalue weighted by atomic mass is 10.2. The zero-order chi connectivity index (χ0) is 21.6. The first kappa shape index (κ1) is 21.8. The number of nitrogens with one attached hydrogen (secondary N) is 1. The van der Waals surface area contributed by atoms with Crippen molar-refractivity contribution in [3.8, 4) is 5.75 Å². The lowest BCUT2D eigenvalue weighted by Crippen LogP contribution is -2.32. The number of sulfone groups is 1. The van der Waals surface area contributed by atoms with E-state index >= 15 is 0 Å². The highest BCUT2D eigenvalue weighted by Gasteiger charge is 2.30. The van der Waals surface area contributed by atoms with Crippen LogP contribution in [0.25, 0.3) is 0 Å². The first-order valence-electron chi connectivity index (χ1n) is 9.33. The van der Waals surface area contributed by atoms with Gasteiger partial charge in [0.1, 0.15) is 11.0 Å². The van der Waals surface area contributed by atoms with Crippen LogP contribution in [0.2, 0.25) is 5.02 Å². The van der Waals surface area contributed by atoms with Gasteiger partial charge in [0.2, 0.25) is 0 Å². The van der Waals surface area contributed by atoms with Gasteiger partial charge < -0.3 is 10.1 Å². The van der Waals surface area contributed by atoms with Gasteiger partial charge in [0.05, 0.1) is 22.1 Å². The Morgan fingerprint density at radius 3 is 2.47 bits per heavy atom. The number of hydrogen-bond acceptors (Lipinski definition) is 5. The third-order valence-electron chi connectivity index (χ3n) is 4.46. The first-order valence-corrected chi connectivity index (χ1v) is 11.3. The minimum atomic E-state index is -3.82. The standard InChI is InChI=1S/C22H21ClN2O4S/c1-2-29-17-9-11-18(12-10-17)30(27,28)21(16-6-5-13-24-14-16)15-25-22(26)19-7-3-4-8-20(19)23/h3-14,21H,2,15H2,1H3,(H,25,26). The largest absolute Gasteiger partial charge is 0.494 e. The molecule has 6 nitrogen and oxygen atoms in total. The Labute approximate surface area is 180 Å². The molecule has 0 radical (unpaired) electrons. The second-order valence-corrected chi connectivity index (χ2v) is 8.95. The zero-order valence-electron chi connectivity index (χ0n) is 16.3. The van der Waals surface area contributed by atoms with E-state index in [9.17, 15) is 13.2 Å². The van der Waals surface area contributed by atoms with Gasteiger partial charge in [-0.05, 0) is 55.0 Å². The molecule has 1 N–H and O–H groups in total. The summed E-state index contributed by atoms with van der Waals surface area (Å²) in [6.45, 7) is 2.20. The number of hydrogen-bond donors (Lipinski definition) is 1. The smallest absolute Gasteiger partial charge is 0.252 e. The first-order chi connectivity index (χ1) is 14.4. The van der Waals surface area contributed by atoms with Crippen LogP contribution in [0, 0.1) is 0 Å². The normalized spacial score (nSPS) is 12.2. The lowest BCUT2D eigenvalue weighted by Gasteiger charge is -2.19. The number of ether oxygens (including phenoxy) is 1. The van der Waals surface area contributed by atoms with E-state index in [4.69, 9.17) is 16.3 Å². The highest BCUT2D eigenvalue weighted by Crippen LogP contribution is 2.29. The average Bonchev–Trinajstić information content (AvgIpc) is 2.75. The number of carbonyl (C=O) groups is 1.